The number of nitrogens with zero attached hydrogens (tertiary/aromatic N) is 1. The largest absolute Gasteiger partial charge is 0.390 e. The van der Waals surface area contributed by atoms with Crippen molar-refractivity contribution in [1.82, 2.24) is 10.2 Å². The summed E-state index contributed by atoms with van der Waals surface area (Å²) in [4.78, 5) is 2.20. The molecule has 3 nitrogen and oxygen atoms in total. The molecule has 0 fully saturated rings. The first-order valence-electron chi connectivity index (χ1n) is 5.78. The molecule has 0 aromatic rings. The van der Waals surface area contributed by atoms with Gasteiger partial charge < -0.3 is 15.3 Å². The van der Waals surface area contributed by atoms with Gasteiger partial charge in [0.25, 0.3) is 0 Å². The third kappa shape index (κ3) is 8.48. The van der Waals surface area contributed by atoms with Crippen molar-refractivity contribution in [2.75, 3.05) is 33.2 Å². The fraction of sp³-hybridized carbons (Fsp3) is 1.00. The standard InChI is InChI=1S/C11H26N2O/c1-4-6-8-13(3)10-11(14)9-12-7-5-2/h11-12,14H,4-10H2,1-3H3. The maximum absolute atomic E-state index is 9.64. The van der Waals surface area contributed by atoms with Crippen LogP contribution < -0.4 is 5.32 Å². The van der Waals surface area contributed by atoms with Gasteiger partial charge in [-0.3, -0.25) is 0 Å². The zero-order valence-electron chi connectivity index (χ0n) is 9.92. The summed E-state index contributed by atoms with van der Waals surface area (Å²) in [7, 11) is 2.07. The number of unbranched alkanes of at least 4 members (excludes halogenated alkanes) is 1. The van der Waals surface area contributed by atoms with Crippen LogP contribution >= 0.6 is 0 Å². The van der Waals surface area contributed by atoms with Crippen LogP contribution in [0.4, 0.5) is 0 Å². The Morgan fingerprint density at radius 1 is 1.29 bits per heavy atom. The summed E-state index contributed by atoms with van der Waals surface area (Å²) in [6.45, 7) is 7.89. The molecule has 2 N–H and O–H groups in total. The van der Waals surface area contributed by atoms with Crippen molar-refractivity contribution in [2.24, 2.45) is 0 Å². The zero-order chi connectivity index (χ0) is 10.8. The van der Waals surface area contributed by atoms with E-state index in [-0.39, 0.29) is 6.10 Å². The van der Waals surface area contributed by atoms with Crippen LogP contribution in [0, 0.1) is 0 Å². The predicted molar refractivity (Wildman–Crippen MR) is 61.6 cm³/mol. The number of likely N-dealkylation sites (N-methyl/N-ethyl adjacent to an activating group) is 1. The molecule has 0 saturated carbocycles. The second-order valence-electron chi connectivity index (χ2n) is 3.97. The normalized spacial score (nSPS) is 13.5. The maximum atomic E-state index is 9.64. The first-order valence-corrected chi connectivity index (χ1v) is 5.78. The molecule has 0 saturated heterocycles. The molecule has 0 heterocycles. The number of aliphatic hydroxyl groups excluding tert-OH is 1. The topological polar surface area (TPSA) is 35.5 Å². The maximum Gasteiger partial charge on any atom is 0.0791 e. The fourth-order valence-electron chi connectivity index (χ4n) is 1.39. The molecule has 1 unspecified atom stereocenters. The fourth-order valence-corrected chi connectivity index (χ4v) is 1.39. The van der Waals surface area contributed by atoms with Gasteiger partial charge in [-0.25, -0.2) is 0 Å². The van der Waals surface area contributed by atoms with E-state index in [2.05, 4.69) is 31.1 Å². The van der Waals surface area contributed by atoms with Crippen LogP contribution in [0.25, 0.3) is 0 Å². The van der Waals surface area contributed by atoms with Gasteiger partial charge in [-0.15, -0.1) is 0 Å². The molecule has 0 rings (SSSR count). The molecule has 0 aliphatic rings. The molecule has 86 valence electrons. The molecule has 0 spiro atoms. The number of hydrogen-bond acceptors (Lipinski definition) is 3. The molecule has 3 heteroatoms. The Morgan fingerprint density at radius 3 is 2.57 bits per heavy atom. The summed E-state index contributed by atoms with van der Waals surface area (Å²) < 4.78 is 0. The Hall–Kier alpha value is -0.120. The molecule has 0 amide bonds. The first-order chi connectivity index (χ1) is 6.70. The molecular weight excluding hydrogens is 176 g/mol. The quantitative estimate of drug-likeness (QED) is 0.549. The Balaban J connectivity index is 3.35. The van der Waals surface area contributed by atoms with Gasteiger partial charge in [0.1, 0.15) is 0 Å². The average Bonchev–Trinajstić information content (AvgIpc) is 2.15. The van der Waals surface area contributed by atoms with Crippen molar-refractivity contribution in [3.05, 3.63) is 0 Å². The van der Waals surface area contributed by atoms with Gasteiger partial charge in [-0.1, -0.05) is 20.3 Å². The summed E-state index contributed by atoms with van der Waals surface area (Å²) in [5, 5.41) is 12.9. The van der Waals surface area contributed by atoms with Gasteiger partial charge >= 0.3 is 0 Å². The van der Waals surface area contributed by atoms with E-state index in [1.807, 2.05) is 0 Å². The Bertz CT molecular complexity index is 120. The molecule has 0 radical (unpaired) electrons. The van der Waals surface area contributed by atoms with Gasteiger partial charge in [0.05, 0.1) is 6.10 Å². The average molecular weight is 202 g/mol. The van der Waals surface area contributed by atoms with E-state index in [0.29, 0.717) is 6.54 Å². The minimum Gasteiger partial charge on any atom is -0.390 e. The Labute approximate surface area is 88.5 Å². The van der Waals surface area contributed by atoms with Crippen LogP contribution in [-0.4, -0.2) is 49.3 Å². The third-order valence-electron chi connectivity index (χ3n) is 2.22. The van der Waals surface area contributed by atoms with E-state index < -0.39 is 0 Å². The van der Waals surface area contributed by atoms with Crippen LogP contribution in [0.15, 0.2) is 0 Å². The van der Waals surface area contributed by atoms with Crippen molar-refractivity contribution in [2.45, 2.75) is 39.2 Å². The molecule has 0 aliphatic carbocycles. The highest BCUT2D eigenvalue weighted by atomic mass is 16.3. The van der Waals surface area contributed by atoms with Gasteiger partial charge in [0.2, 0.25) is 0 Å². The lowest BCUT2D eigenvalue weighted by atomic mass is 10.3. The van der Waals surface area contributed by atoms with Crippen molar-refractivity contribution >= 4 is 0 Å². The molecule has 1 atom stereocenters. The van der Waals surface area contributed by atoms with Crippen molar-refractivity contribution < 1.29 is 5.11 Å². The smallest absolute Gasteiger partial charge is 0.0791 e. The van der Waals surface area contributed by atoms with Crippen LogP contribution in [-0.2, 0) is 0 Å². The lowest BCUT2D eigenvalue weighted by Crippen LogP contribution is -2.37. The van der Waals surface area contributed by atoms with E-state index in [9.17, 15) is 5.11 Å². The van der Waals surface area contributed by atoms with E-state index >= 15 is 0 Å². The molecule has 0 bridgehead atoms. The molecule has 14 heavy (non-hydrogen) atoms. The minimum absolute atomic E-state index is 0.233. The Kier molecular flexibility index (Phi) is 9.35. The second-order valence-corrected chi connectivity index (χ2v) is 3.97. The predicted octanol–water partition coefficient (Wildman–Crippen LogP) is 1.08. The van der Waals surface area contributed by atoms with E-state index in [4.69, 9.17) is 0 Å². The SMILES string of the molecule is CCCCN(C)CC(O)CNCCC. The van der Waals surface area contributed by atoms with Gasteiger partial charge in [0.15, 0.2) is 0 Å². The minimum atomic E-state index is -0.233. The monoisotopic (exact) mass is 202 g/mol. The van der Waals surface area contributed by atoms with E-state index in [0.717, 1.165) is 26.1 Å². The molecule has 0 aromatic heterocycles. The van der Waals surface area contributed by atoms with Crippen molar-refractivity contribution in [1.29, 1.82) is 0 Å². The van der Waals surface area contributed by atoms with Crippen molar-refractivity contribution in [3.63, 3.8) is 0 Å². The lowest BCUT2D eigenvalue weighted by Gasteiger charge is -2.20. The van der Waals surface area contributed by atoms with E-state index in [1.165, 1.54) is 12.8 Å². The highest BCUT2D eigenvalue weighted by Crippen LogP contribution is 1.93. The summed E-state index contributed by atoms with van der Waals surface area (Å²) in [5.74, 6) is 0. The summed E-state index contributed by atoms with van der Waals surface area (Å²) in [5.41, 5.74) is 0. The van der Waals surface area contributed by atoms with Gasteiger partial charge in [-0.2, -0.15) is 0 Å². The van der Waals surface area contributed by atoms with Crippen LogP contribution in [0.5, 0.6) is 0 Å². The Morgan fingerprint density at radius 2 is 2.00 bits per heavy atom. The lowest BCUT2D eigenvalue weighted by molar-refractivity contribution is 0.123. The number of rotatable bonds is 9. The number of aliphatic hydroxyl groups is 1. The third-order valence-corrected chi connectivity index (χ3v) is 2.22. The zero-order valence-corrected chi connectivity index (χ0v) is 9.92. The summed E-state index contributed by atoms with van der Waals surface area (Å²) in [6.07, 6.45) is 3.32. The van der Waals surface area contributed by atoms with Gasteiger partial charge in [0, 0.05) is 13.1 Å². The number of nitrogens with one attached hydrogen (secondary N) is 1. The molecule has 0 aliphatic heterocycles. The molecular formula is C11H26N2O. The molecule has 0 aromatic carbocycles. The summed E-state index contributed by atoms with van der Waals surface area (Å²) >= 11 is 0. The summed E-state index contributed by atoms with van der Waals surface area (Å²) in [6, 6.07) is 0. The number of hydrogen-bond donors (Lipinski definition) is 2. The van der Waals surface area contributed by atoms with Crippen LogP contribution in [0.2, 0.25) is 0 Å². The van der Waals surface area contributed by atoms with E-state index in [1.54, 1.807) is 0 Å². The first kappa shape index (κ1) is 13.9. The van der Waals surface area contributed by atoms with Gasteiger partial charge in [-0.05, 0) is 33.0 Å². The second kappa shape index (κ2) is 9.44. The van der Waals surface area contributed by atoms with Crippen LogP contribution in [0.1, 0.15) is 33.1 Å². The van der Waals surface area contributed by atoms with Crippen molar-refractivity contribution in [3.8, 4) is 0 Å². The highest BCUT2D eigenvalue weighted by molar-refractivity contribution is 4.63. The highest BCUT2D eigenvalue weighted by Gasteiger charge is 2.06. The van der Waals surface area contributed by atoms with Crippen LogP contribution in [0.3, 0.4) is 0 Å².